The van der Waals surface area contributed by atoms with Gasteiger partial charge in [0.15, 0.2) is 0 Å². The van der Waals surface area contributed by atoms with Gasteiger partial charge in [-0.15, -0.1) is 0 Å². The van der Waals surface area contributed by atoms with Gasteiger partial charge in [0.2, 0.25) is 5.91 Å². The molecule has 2 aromatic rings. The SMILES string of the molecule is Cc1cc(C(=O)N2CCCC(C(=O)NCCN)C2)c(C)n1-c1ccc(F)cc1. The minimum absolute atomic E-state index is 0.0419. The van der Waals surface area contributed by atoms with Crippen LogP contribution < -0.4 is 11.1 Å². The zero-order valence-electron chi connectivity index (χ0n) is 16.4. The van der Waals surface area contributed by atoms with Gasteiger partial charge in [-0.1, -0.05) is 0 Å². The lowest BCUT2D eigenvalue weighted by molar-refractivity contribution is -0.126. The Balaban J connectivity index is 1.80. The molecule has 1 saturated heterocycles. The third kappa shape index (κ3) is 4.09. The molecule has 1 atom stereocenters. The van der Waals surface area contributed by atoms with Crippen molar-refractivity contribution >= 4 is 11.8 Å². The van der Waals surface area contributed by atoms with Gasteiger partial charge in [-0.3, -0.25) is 9.59 Å². The largest absolute Gasteiger partial charge is 0.355 e. The van der Waals surface area contributed by atoms with Crippen LogP contribution in [0.5, 0.6) is 0 Å². The molecule has 1 aliphatic heterocycles. The number of nitrogens with one attached hydrogen (secondary N) is 1. The van der Waals surface area contributed by atoms with Crippen LogP contribution in [-0.2, 0) is 4.79 Å². The number of carbonyl (C=O) groups is 2. The van der Waals surface area contributed by atoms with Gasteiger partial charge >= 0.3 is 0 Å². The van der Waals surface area contributed by atoms with E-state index in [-0.39, 0.29) is 23.5 Å². The Morgan fingerprint density at radius 1 is 1.25 bits per heavy atom. The molecule has 1 aliphatic rings. The number of aromatic nitrogens is 1. The van der Waals surface area contributed by atoms with Crippen molar-refractivity contribution in [2.24, 2.45) is 11.7 Å². The maximum Gasteiger partial charge on any atom is 0.255 e. The molecule has 3 rings (SSSR count). The predicted molar refractivity (Wildman–Crippen MR) is 106 cm³/mol. The second kappa shape index (κ2) is 8.56. The van der Waals surface area contributed by atoms with Gasteiger partial charge in [0.1, 0.15) is 5.82 Å². The summed E-state index contributed by atoms with van der Waals surface area (Å²) in [5.74, 6) is -0.614. The topological polar surface area (TPSA) is 80.4 Å². The third-order valence-electron chi connectivity index (χ3n) is 5.27. The molecular weight excluding hydrogens is 359 g/mol. The first-order valence-corrected chi connectivity index (χ1v) is 9.64. The number of nitrogens with zero attached hydrogens (tertiary/aromatic N) is 2. The normalized spacial score (nSPS) is 16.9. The lowest BCUT2D eigenvalue weighted by Crippen LogP contribution is -2.46. The number of nitrogens with two attached hydrogens (primary N) is 1. The van der Waals surface area contributed by atoms with Crippen molar-refractivity contribution in [1.82, 2.24) is 14.8 Å². The standard InChI is InChI=1S/C21H27FN4O2/c1-14-12-19(15(2)26(14)18-7-5-17(22)6-8-18)21(28)25-11-3-4-16(13-25)20(27)24-10-9-23/h5-8,12,16H,3-4,9-11,13,23H2,1-2H3,(H,24,27). The Bertz CT molecular complexity index is 860. The molecule has 7 heteroatoms. The molecule has 0 bridgehead atoms. The number of likely N-dealkylation sites (tertiary alicyclic amines) is 1. The number of aryl methyl sites for hydroxylation is 1. The first-order valence-electron chi connectivity index (χ1n) is 9.64. The first-order chi connectivity index (χ1) is 13.4. The molecule has 1 aromatic heterocycles. The van der Waals surface area contributed by atoms with E-state index in [2.05, 4.69) is 5.32 Å². The Labute approximate surface area is 164 Å². The van der Waals surface area contributed by atoms with Crippen molar-refractivity contribution in [3.8, 4) is 5.69 Å². The van der Waals surface area contributed by atoms with E-state index >= 15 is 0 Å². The highest BCUT2D eigenvalue weighted by atomic mass is 19.1. The molecule has 2 heterocycles. The van der Waals surface area contributed by atoms with Crippen LogP contribution in [0.15, 0.2) is 30.3 Å². The molecule has 3 N–H and O–H groups in total. The summed E-state index contributed by atoms with van der Waals surface area (Å²) in [4.78, 5) is 27.2. The van der Waals surface area contributed by atoms with Crippen LogP contribution in [0, 0.1) is 25.6 Å². The summed E-state index contributed by atoms with van der Waals surface area (Å²) in [7, 11) is 0. The number of amides is 2. The minimum atomic E-state index is -0.296. The van der Waals surface area contributed by atoms with E-state index in [1.165, 1.54) is 12.1 Å². The van der Waals surface area contributed by atoms with Crippen LogP contribution in [0.25, 0.3) is 5.69 Å². The van der Waals surface area contributed by atoms with Gasteiger partial charge in [0.25, 0.3) is 5.91 Å². The molecule has 0 spiro atoms. The van der Waals surface area contributed by atoms with Crippen LogP contribution in [0.4, 0.5) is 4.39 Å². The second-order valence-corrected chi connectivity index (χ2v) is 7.27. The first kappa shape index (κ1) is 20.1. The maximum absolute atomic E-state index is 13.2. The molecule has 2 amide bonds. The van der Waals surface area contributed by atoms with E-state index in [0.717, 1.165) is 29.9 Å². The fourth-order valence-corrected chi connectivity index (χ4v) is 3.85. The molecular formula is C21H27FN4O2. The van der Waals surface area contributed by atoms with Gasteiger partial charge in [0, 0.05) is 43.3 Å². The van der Waals surface area contributed by atoms with Crippen molar-refractivity contribution < 1.29 is 14.0 Å². The van der Waals surface area contributed by atoms with Crippen molar-refractivity contribution in [1.29, 1.82) is 0 Å². The van der Waals surface area contributed by atoms with E-state index in [4.69, 9.17) is 5.73 Å². The average molecular weight is 386 g/mol. The highest BCUT2D eigenvalue weighted by Gasteiger charge is 2.30. The van der Waals surface area contributed by atoms with Gasteiger partial charge in [-0.25, -0.2) is 4.39 Å². The summed E-state index contributed by atoms with van der Waals surface area (Å²) < 4.78 is 15.2. The highest BCUT2D eigenvalue weighted by Crippen LogP contribution is 2.25. The molecule has 1 aromatic carbocycles. The lowest BCUT2D eigenvalue weighted by atomic mass is 9.96. The Kier molecular flexibility index (Phi) is 6.14. The summed E-state index contributed by atoms with van der Waals surface area (Å²) in [5, 5.41) is 2.82. The third-order valence-corrected chi connectivity index (χ3v) is 5.27. The fourth-order valence-electron chi connectivity index (χ4n) is 3.85. The van der Waals surface area contributed by atoms with E-state index < -0.39 is 0 Å². The quantitative estimate of drug-likeness (QED) is 0.826. The molecule has 28 heavy (non-hydrogen) atoms. The number of halogens is 1. The van der Waals surface area contributed by atoms with Crippen molar-refractivity contribution in [3.05, 3.63) is 53.1 Å². The van der Waals surface area contributed by atoms with Crippen molar-refractivity contribution in [2.45, 2.75) is 26.7 Å². The van der Waals surface area contributed by atoms with E-state index in [0.29, 0.717) is 31.7 Å². The number of piperidine rings is 1. The molecule has 6 nitrogen and oxygen atoms in total. The van der Waals surface area contributed by atoms with Crippen LogP contribution in [0.1, 0.15) is 34.6 Å². The minimum Gasteiger partial charge on any atom is -0.355 e. The Morgan fingerprint density at radius 2 is 1.96 bits per heavy atom. The van der Waals surface area contributed by atoms with Crippen LogP contribution >= 0.6 is 0 Å². The highest BCUT2D eigenvalue weighted by molar-refractivity contribution is 5.96. The van der Waals surface area contributed by atoms with Gasteiger partial charge in [-0.05, 0) is 57.0 Å². The van der Waals surface area contributed by atoms with Crippen LogP contribution in [-0.4, -0.2) is 47.5 Å². The molecule has 0 aliphatic carbocycles. The Hall–Kier alpha value is -2.67. The van der Waals surface area contributed by atoms with Crippen molar-refractivity contribution in [2.75, 3.05) is 26.2 Å². The molecule has 150 valence electrons. The van der Waals surface area contributed by atoms with Gasteiger partial charge in [-0.2, -0.15) is 0 Å². The number of hydrogen-bond acceptors (Lipinski definition) is 3. The summed E-state index contributed by atoms with van der Waals surface area (Å²) in [6, 6.07) is 8.07. The number of hydrogen-bond donors (Lipinski definition) is 2. The monoisotopic (exact) mass is 386 g/mol. The number of benzene rings is 1. The van der Waals surface area contributed by atoms with E-state index in [1.54, 1.807) is 17.0 Å². The second-order valence-electron chi connectivity index (χ2n) is 7.27. The number of carbonyl (C=O) groups excluding carboxylic acids is 2. The molecule has 1 fully saturated rings. The number of rotatable bonds is 5. The van der Waals surface area contributed by atoms with Gasteiger partial charge in [0.05, 0.1) is 11.5 Å². The van der Waals surface area contributed by atoms with Crippen molar-refractivity contribution in [3.63, 3.8) is 0 Å². The summed E-state index contributed by atoms with van der Waals surface area (Å²) >= 11 is 0. The van der Waals surface area contributed by atoms with Crippen LogP contribution in [0.3, 0.4) is 0 Å². The zero-order valence-corrected chi connectivity index (χ0v) is 16.4. The predicted octanol–water partition coefficient (Wildman–Crippen LogP) is 2.16. The van der Waals surface area contributed by atoms with Crippen LogP contribution in [0.2, 0.25) is 0 Å². The van der Waals surface area contributed by atoms with E-state index in [9.17, 15) is 14.0 Å². The summed E-state index contributed by atoms with van der Waals surface area (Å²) in [5.41, 5.74) is 8.59. The molecule has 0 saturated carbocycles. The van der Waals surface area contributed by atoms with E-state index in [1.807, 2.05) is 24.5 Å². The lowest BCUT2D eigenvalue weighted by Gasteiger charge is -2.32. The summed E-state index contributed by atoms with van der Waals surface area (Å²) in [6.07, 6.45) is 1.57. The molecule has 0 radical (unpaired) electrons. The molecule has 1 unspecified atom stereocenters. The van der Waals surface area contributed by atoms with Gasteiger partial charge < -0.3 is 20.5 Å². The zero-order chi connectivity index (χ0) is 20.3. The summed E-state index contributed by atoms with van der Waals surface area (Å²) in [6.45, 7) is 5.71. The fraction of sp³-hybridized carbons (Fsp3) is 0.429. The Morgan fingerprint density at radius 3 is 2.64 bits per heavy atom. The maximum atomic E-state index is 13.2. The average Bonchev–Trinajstić information content (AvgIpc) is 3.00. The smallest absolute Gasteiger partial charge is 0.255 e.